The minimum Gasteiger partial charge on any atom is -0.497 e. The summed E-state index contributed by atoms with van der Waals surface area (Å²) in [6.45, 7) is 2.87. The van der Waals surface area contributed by atoms with Gasteiger partial charge >= 0.3 is 0 Å². The summed E-state index contributed by atoms with van der Waals surface area (Å²) in [6.07, 6.45) is 4.95. The second-order valence-corrected chi connectivity index (χ2v) is 5.42. The van der Waals surface area contributed by atoms with Crippen molar-refractivity contribution in [3.8, 4) is 11.5 Å². The zero-order chi connectivity index (χ0) is 14.4. The van der Waals surface area contributed by atoms with E-state index in [0.717, 1.165) is 37.6 Å². The molecule has 0 bridgehead atoms. The van der Waals surface area contributed by atoms with Gasteiger partial charge in [-0.25, -0.2) is 0 Å². The monoisotopic (exact) mass is 278 g/mol. The Balaban J connectivity index is 2.10. The van der Waals surface area contributed by atoms with Crippen molar-refractivity contribution in [2.24, 2.45) is 5.73 Å². The standard InChI is InChI=1S/C16H26N2O2/c1-19-15-9-13(10-16(11-15)20-2)12-18-8-4-3-5-14(18)6-7-17/h9-11,14H,3-8,12,17H2,1-2H3. The average molecular weight is 278 g/mol. The number of benzene rings is 1. The summed E-state index contributed by atoms with van der Waals surface area (Å²) >= 11 is 0. The molecule has 20 heavy (non-hydrogen) atoms. The van der Waals surface area contributed by atoms with Gasteiger partial charge in [0.25, 0.3) is 0 Å². The van der Waals surface area contributed by atoms with Crippen LogP contribution in [-0.2, 0) is 6.54 Å². The number of ether oxygens (including phenoxy) is 2. The summed E-state index contributed by atoms with van der Waals surface area (Å²) in [5.41, 5.74) is 6.98. The molecule has 0 saturated carbocycles. The Morgan fingerprint density at radius 3 is 2.45 bits per heavy atom. The molecule has 1 aliphatic rings. The lowest BCUT2D eigenvalue weighted by Gasteiger charge is -2.35. The van der Waals surface area contributed by atoms with Crippen LogP contribution in [0.2, 0.25) is 0 Å². The SMILES string of the molecule is COc1cc(CN2CCCCC2CCN)cc(OC)c1. The summed E-state index contributed by atoms with van der Waals surface area (Å²) < 4.78 is 10.7. The summed E-state index contributed by atoms with van der Waals surface area (Å²) in [5.74, 6) is 1.71. The summed E-state index contributed by atoms with van der Waals surface area (Å²) in [4.78, 5) is 2.55. The van der Waals surface area contributed by atoms with Gasteiger partial charge in [0.1, 0.15) is 11.5 Å². The predicted octanol–water partition coefficient (Wildman–Crippen LogP) is 2.41. The molecule has 1 aromatic rings. The molecule has 0 radical (unpaired) electrons. The van der Waals surface area contributed by atoms with Crippen molar-refractivity contribution in [3.05, 3.63) is 23.8 Å². The normalized spacial score (nSPS) is 19.9. The average Bonchev–Trinajstić information content (AvgIpc) is 2.49. The third-order valence-corrected chi connectivity index (χ3v) is 4.05. The van der Waals surface area contributed by atoms with Gasteiger partial charge < -0.3 is 15.2 Å². The Bertz CT molecular complexity index is 399. The van der Waals surface area contributed by atoms with E-state index in [1.165, 1.54) is 24.8 Å². The number of piperidine rings is 1. The van der Waals surface area contributed by atoms with Gasteiger partial charge in [-0.1, -0.05) is 6.42 Å². The van der Waals surface area contributed by atoms with Crippen molar-refractivity contribution < 1.29 is 9.47 Å². The zero-order valence-electron chi connectivity index (χ0n) is 12.6. The zero-order valence-corrected chi connectivity index (χ0v) is 12.6. The van der Waals surface area contributed by atoms with Crippen molar-refractivity contribution >= 4 is 0 Å². The fourth-order valence-corrected chi connectivity index (χ4v) is 2.98. The lowest BCUT2D eigenvalue weighted by molar-refractivity contribution is 0.134. The van der Waals surface area contributed by atoms with Crippen LogP contribution < -0.4 is 15.2 Å². The number of nitrogens with two attached hydrogens (primary N) is 1. The van der Waals surface area contributed by atoms with Gasteiger partial charge in [0.15, 0.2) is 0 Å². The van der Waals surface area contributed by atoms with Crippen LogP contribution in [-0.4, -0.2) is 38.3 Å². The highest BCUT2D eigenvalue weighted by Crippen LogP contribution is 2.26. The number of hydrogen-bond acceptors (Lipinski definition) is 4. The maximum absolute atomic E-state index is 5.74. The molecule has 4 nitrogen and oxygen atoms in total. The fourth-order valence-electron chi connectivity index (χ4n) is 2.98. The first-order valence-corrected chi connectivity index (χ1v) is 7.43. The first-order chi connectivity index (χ1) is 9.76. The number of hydrogen-bond donors (Lipinski definition) is 1. The van der Waals surface area contributed by atoms with Crippen LogP contribution in [0.25, 0.3) is 0 Å². The lowest BCUT2D eigenvalue weighted by Crippen LogP contribution is -2.40. The molecule has 1 aliphatic heterocycles. The Labute approximate surface area is 121 Å². The summed E-state index contributed by atoms with van der Waals surface area (Å²) in [5, 5.41) is 0. The van der Waals surface area contributed by atoms with Crippen molar-refractivity contribution in [1.29, 1.82) is 0 Å². The predicted molar refractivity (Wildman–Crippen MR) is 81.3 cm³/mol. The molecule has 0 amide bonds. The molecule has 0 spiro atoms. The summed E-state index contributed by atoms with van der Waals surface area (Å²) in [7, 11) is 3.38. The third-order valence-electron chi connectivity index (χ3n) is 4.05. The minimum absolute atomic E-state index is 0.617. The largest absolute Gasteiger partial charge is 0.497 e. The number of nitrogens with zero attached hydrogens (tertiary/aromatic N) is 1. The highest BCUT2D eigenvalue weighted by molar-refractivity contribution is 5.38. The van der Waals surface area contributed by atoms with Gasteiger partial charge in [0, 0.05) is 18.7 Å². The molecule has 1 saturated heterocycles. The van der Waals surface area contributed by atoms with Crippen LogP contribution in [0.4, 0.5) is 0 Å². The first kappa shape index (κ1) is 15.1. The maximum Gasteiger partial charge on any atom is 0.122 e. The first-order valence-electron chi connectivity index (χ1n) is 7.43. The third kappa shape index (κ3) is 3.87. The molecular weight excluding hydrogens is 252 g/mol. The van der Waals surface area contributed by atoms with Gasteiger partial charge in [0.2, 0.25) is 0 Å². The summed E-state index contributed by atoms with van der Waals surface area (Å²) in [6, 6.07) is 6.72. The Morgan fingerprint density at radius 1 is 1.15 bits per heavy atom. The smallest absolute Gasteiger partial charge is 0.122 e. The number of likely N-dealkylation sites (tertiary alicyclic amines) is 1. The second-order valence-electron chi connectivity index (χ2n) is 5.42. The van der Waals surface area contributed by atoms with E-state index in [1.54, 1.807) is 14.2 Å². The van der Waals surface area contributed by atoms with Crippen LogP contribution in [0.3, 0.4) is 0 Å². The molecule has 0 aliphatic carbocycles. The quantitative estimate of drug-likeness (QED) is 0.868. The van der Waals surface area contributed by atoms with Gasteiger partial charge in [0.05, 0.1) is 14.2 Å². The van der Waals surface area contributed by atoms with Crippen LogP contribution in [0.1, 0.15) is 31.2 Å². The lowest BCUT2D eigenvalue weighted by atomic mass is 9.98. The number of methoxy groups -OCH3 is 2. The van der Waals surface area contributed by atoms with Crippen LogP contribution in [0, 0.1) is 0 Å². The molecule has 1 fully saturated rings. The molecule has 0 aromatic heterocycles. The van der Waals surface area contributed by atoms with Gasteiger partial charge in [-0.2, -0.15) is 0 Å². The van der Waals surface area contributed by atoms with Crippen LogP contribution >= 0.6 is 0 Å². The fraction of sp³-hybridized carbons (Fsp3) is 0.625. The van der Waals surface area contributed by atoms with E-state index in [0.29, 0.717) is 6.04 Å². The van der Waals surface area contributed by atoms with Crippen molar-refractivity contribution in [3.63, 3.8) is 0 Å². The Hall–Kier alpha value is -1.26. The maximum atomic E-state index is 5.74. The van der Waals surface area contributed by atoms with E-state index < -0.39 is 0 Å². The van der Waals surface area contributed by atoms with E-state index in [1.807, 2.05) is 6.07 Å². The van der Waals surface area contributed by atoms with E-state index in [9.17, 15) is 0 Å². The molecule has 2 rings (SSSR count). The van der Waals surface area contributed by atoms with Crippen molar-refractivity contribution in [1.82, 2.24) is 4.90 Å². The molecule has 1 atom stereocenters. The van der Waals surface area contributed by atoms with Crippen LogP contribution in [0.15, 0.2) is 18.2 Å². The molecular formula is C16H26N2O2. The Morgan fingerprint density at radius 2 is 1.85 bits per heavy atom. The molecule has 1 aromatic carbocycles. The van der Waals surface area contributed by atoms with Gasteiger partial charge in [-0.05, 0) is 50.0 Å². The minimum atomic E-state index is 0.617. The van der Waals surface area contributed by atoms with E-state index >= 15 is 0 Å². The van der Waals surface area contributed by atoms with Crippen molar-refractivity contribution in [2.45, 2.75) is 38.3 Å². The Kier molecular flexibility index (Phi) is 5.68. The highest BCUT2D eigenvalue weighted by atomic mass is 16.5. The molecule has 2 N–H and O–H groups in total. The second kappa shape index (κ2) is 7.50. The van der Waals surface area contributed by atoms with Crippen LogP contribution in [0.5, 0.6) is 11.5 Å². The molecule has 112 valence electrons. The van der Waals surface area contributed by atoms with E-state index in [2.05, 4.69) is 17.0 Å². The van der Waals surface area contributed by atoms with E-state index in [4.69, 9.17) is 15.2 Å². The van der Waals surface area contributed by atoms with Crippen molar-refractivity contribution in [2.75, 3.05) is 27.3 Å². The van der Waals surface area contributed by atoms with Gasteiger partial charge in [-0.15, -0.1) is 0 Å². The number of rotatable bonds is 6. The highest BCUT2D eigenvalue weighted by Gasteiger charge is 2.21. The topological polar surface area (TPSA) is 47.7 Å². The molecule has 1 unspecified atom stereocenters. The molecule has 4 heteroatoms. The van der Waals surface area contributed by atoms with Gasteiger partial charge in [-0.3, -0.25) is 4.90 Å². The van der Waals surface area contributed by atoms with E-state index in [-0.39, 0.29) is 0 Å². The molecule has 1 heterocycles.